The van der Waals surface area contributed by atoms with Crippen molar-refractivity contribution in [3.8, 4) is 0 Å². The van der Waals surface area contributed by atoms with E-state index in [1.54, 1.807) is 36.6 Å². The number of hydrogen-bond donors (Lipinski definition) is 0. The highest BCUT2D eigenvalue weighted by atomic mass is 35.5. The zero-order chi connectivity index (χ0) is 20.4. The Hall–Kier alpha value is -3.32. The van der Waals surface area contributed by atoms with Crippen LogP contribution in [-0.2, 0) is 9.53 Å². The van der Waals surface area contributed by atoms with E-state index in [1.165, 1.54) is 24.3 Å². The first kappa shape index (κ1) is 19.0. The monoisotopic (exact) mass is 412 g/mol. The van der Waals surface area contributed by atoms with Crippen molar-refractivity contribution in [3.63, 3.8) is 0 Å². The zero-order valence-corrected chi connectivity index (χ0v) is 16.2. The molecule has 0 spiro atoms. The summed E-state index contributed by atoms with van der Waals surface area (Å²) in [5.41, 5.74) is 1.56. The van der Waals surface area contributed by atoms with Crippen LogP contribution >= 0.6 is 11.6 Å². The molecule has 0 fully saturated rings. The summed E-state index contributed by atoms with van der Waals surface area (Å²) in [5.74, 6) is -0.559. The van der Waals surface area contributed by atoms with Gasteiger partial charge in [0, 0.05) is 11.4 Å². The predicted molar refractivity (Wildman–Crippen MR) is 104 cm³/mol. The fourth-order valence-corrected chi connectivity index (χ4v) is 3.21. The Kier molecular flexibility index (Phi) is 5.22. The molecule has 0 unspecified atom stereocenters. The lowest BCUT2D eigenvalue weighted by Gasteiger charge is -2.22. The molecule has 29 heavy (non-hydrogen) atoms. The number of rotatable bonds is 5. The molecule has 2 atom stereocenters. The molecule has 148 valence electrons. The van der Waals surface area contributed by atoms with Gasteiger partial charge in [-0.05, 0) is 48.9 Å². The second-order valence-electron chi connectivity index (χ2n) is 6.50. The van der Waals surface area contributed by atoms with Gasteiger partial charge in [0.15, 0.2) is 6.10 Å². The van der Waals surface area contributed by atoms with E-state index in [1.807, 2.05) is 12.1 Å². The highest BCUT2D eigenvalue weighted by Crippen LogP contribution is 2.34. The van der Waals surface area contributed by atoms with E-state index in [2.05, 4.69) is 5.10 Å². The summed E-state index contributed by atoms with van der Waals surface area (Å²) in [6.45, 7) is 1.50. The molecule has 3 aromatic rings. The van der Waals surface area contributed by atoms with Gasteiger partial charge in [0.25, 0.3) is 5.91 Å². The van der Waals surface area contributed by atoms with E-state index < -0.39 is 24.0 Å². The van der Waals surface area contributed by atoms with Crippen LogP contribution in [0.4, 0.5) is 0 Å². The number of carbonyl (C=O) groups excluding carboxylic acids is 2. The van der Waals surface area contributed by atoms with Crippen molar-refractivity contribution in [2.45, 2.75) is 25.5 Å². The lowest BCUT2D eigenvalue weighted by atomic mass is 10.0. The fourth-order valence-electron chi connectivity index (χ4n) is 3.08. The lowest BCUT2D eigenvalue weighted by molar-refractivity contribution is -0.142. The number of hydrogen-bond acceptors (Lipinski definition) is 6. The van der Waals surface area contributed by atoms with E-state index in [0.717, 1.165) is 5.56 Å². The topological polar surface area (TPSA) is 85.2 Å². The fraction of sp³-hybridized carbons (Fsp3) is 0.190. The average Bonchev–Trinajstić information content (AvgIpc) is 3.48. The number of ether oxygens (including phenoxy) is 1. The first-order valence-corrected chi connectivity index (χ1v) is 9.35. The summed E-state index contributed by atoms with van der Waals surface area (Å²) in [6.07, 6.45) is 2.30. The normalized spacial score (nSPS) is 17.1. The maximum Gasteiger partial charge on any atom is 0.374 e. The van der Waals surface area contributed by atoms with Crippen molar-refractivity contribution in [3.05, 3.63) is 83.2 Å². The van der Waals surface area contributed by atoms with Gasteiger partial charge < -0.3 is 13.6 Å². The van der Waals surface area contributed by atoms with Crippen molar-refractivity contribution in [1.82, 2.24) is 5.01 Å². The van der Waals surface area contributed by atoms with Crippen molar-refractivity contribution in [2.24, 2.45) is 5.10 Å². The highest BCUT2D eigenvalue weighted by molar-refractivity contribution is 6.30. The quantitative estimate of drug-likeness (QED) is 0.578. The molecule has 1 aromatic carbocycles. The number of benzene rings is 1. The van der Waals surface area contributed by atoms with Gasteiger partial charge in [-0.2, -0.15) is 5.10 Å². The van der Waals surface area contributed by atoms with Crippen LogP contribution in [0.2, 0.25) is 5.02 Å². The molecule has 1 amide bonds. The Labute approximate surface area is 171 Å². The van der Waals surface area contributed by atoms with Crippen LogP contribution in [0.25, 0.3) is 0 Å². The minimum atomic E-state index is -1.06. The van der Waals surface area contributed by atoms with E-state index in [0.29, 0.717) is 22.9 Å². The minimum absolute atomic E-state index is 0.0269. The molecule has 0 radical (unpaired) electrons. The molecule has 0 saturated heterocycles. The largest absolute Gasteiger partial charge is 0.467 e. The van der Waals surface area contributed by atoms with E-state index in [9.17, 15) is 9.59 Å². The first-order chi connectivity index (χ1) is 14.0. The van der Waals surface area contributed by atoms with Crippen LogP contribution in [0.3, 0.4) is 0 Å². The Balaban J connectivity index is 1.57. The van der Waals surface area contributed by atoms with Crippen LogP contribution in [0, 0.1) is 0 Å². The van der Waals surface area contributed by atoms with Gasteiger partial charge in [0.2, 0.25) is 5.76 Å². The summed E-state index contributed by atoms with van der Waals surface area (Å²) < 4.78 is 15.8. The molecule has 0 N–H and O–H groups in total. The highest BCUT2D eigenvalue weighted by Gasteiger charge is 2.38. The van der Waals surface area contributed by atoms with Gasteiger partial charge in [0.1, 0.15) is 11.8 Å². The third kappa shape index (κ3) is 3.95. The molecular formula is C21H17ClN2O5. The summed E-state index contributed by atoms with van der Waals surface area (Å²) in [4.78, 5) is 25.1. The number of furan rings is 2. The number of carbonyl (C=O) groups is 2. The van der Waals surface area contributed by atoms with Gasteiger partial charge in [-0.25, -0.2) is 9.80 Å². The van der Waals surface area contributed by atoms with E-state index in [4.69, 9.17) is 25.2 Å². The third-order valence-electron chi connectivity index (χ3n) is 4.54. The Morgan fingerprint density at radius 2 is 1.86 bits per heavy atom. The molecule has 0 saturated carbocycles. The number of esters is 1. The lowest BCUT2D eigenvalue weighted by Crippen LogP contribution is -2.37. The number of hydrazone groups is 1. The molecule has 7 nitrogen and oxygen atoms in total. The molecule has 4 rings (SSSR count). The summed E-state index contributed by atoms with van der Waals surface area (Å²) in [5, 5.41) is 6.42. The van der Waals surface area contributed by atoms with Crippen molar-refractivity contribution in [1.29, 1.82) is 0 Å². The predicted octanol–water partition coefficient (Wildman–Crippen LogP) is 4.45. The summed E-state index contributed by atoms with van der Waals surface area (Å²) >= 11 is 5.96. The van der Waals surface area contributed by atoms with Gasteiger partial charge in [-0.1, -0.05) is 23.7 Å². The third-order valence-corrected chi connectivity index (χ3v) is 4.79. The van der Waals surface area contributed by atoms with Crippen LogP contribution in [0.1, 0.15) is 41.3 Å². The van der Waals surface area contributed by atoms with Gasteiger partial charge in [0.05, 0.1) is 18.2 Å². The van der Waals surface area contributed by atoms with Crippen LogP contribution in [0.15, 0.2) is 75.0 Å². The van der Waals surface area contributed by atoms with Gasteiger partial charge in [-0.3, -0.25) is 4.79 Å². The molecular weight excluding hydrogens is 396 g/mol. The molecule has 0 aliphatic carbocycles. The average molecular weight is 413 g/mol. The summed E-state index contributed by atoms with van der Waals surface area (Å²) in [6, 6.07) is 13.3. The Morgan fingerprint density at radius 1 is 1.14 bits per heavy atom. The maximum atomic E-state index is 13.0. The Morgan fingerprint density at radius 3 is 2.52 bits per heavy atom. The van der Waals surface area contributed by atoms with E-state index in [-0.39, 0.29) is 5.76 Å². The first-order valence-electron chi connectivity index (χ1n) is 8.97. The van der Waals surface area contributed by atoms with Crippen LogP contribution in [0.5, 0.6) is 0 Å². The van der Waals surface area contributed by atoms with Crippen LogP contribution < -0.4 is 0 Å². The second-order valence-corrected chi connectivity index (χ2v) is 6.93. The molecule has 1 aliphatic heterocycles. The standard InChI is InChI=1S/C21H17ClN2O5/c1-13(29-21(26)19-5-3-11-28-19)20(25)24-17(18-4-2-10-27-18)12-16(23-24)14-6-8-15(22)9-7-14/h2-11,13,17H,12H2,1H3/t13-,17+/m1/s1. The maximum absolute atomic E-state index is 13.0. The second kappa shape index (κ2) is 7.97. The molecule has 3 heterocycles. The van der Waals surface area contributed by atoms with Crippen molar-refractivity contribution in [2.75, 3.05) is 0 Å². The Bertz CT molecular complexity index is 1030. The van der Waals surface area contributed by atoms with Gasteiger partial charge >= 0.3 is 5.97 Å². The number of amides is 1. The summed E-state index contributed by atoms with van der Waals surface area (Å²) in [7, 11) is 0. The number of nitrogens with zero attached hydrogens (tertiary/aromatic N) is 2. The molecule has 1 aliphatic rings. The SMILES string of the molecule is C[C@@H](OC(=O)c1ccco1)C(=O)N1N=C(c2ccc(Cl)cc2)C[C@H]1c1ccco1. The zero-order valence-electron chi connectivity index (χ0n) is 15.4. The molecule has 0 bridgehead atoms. The van der Waals surface area contributed by atoms with Crippen molar-refractivity contribution < 1.29 is 23.2 Å². The van der Waals surface area contributed by atoms with Crippen molar-refractivity contribution >= 4 is 29.2 Å². The number of halogens is 1. The van der Waals surface area contributed by atoms with Crippen LogP contribution in [-0.4, -0.2) is 28.7 Å². The molecule has 8 heteroatoms. The minimum Gasteiger partial charge on any atom is -0.467 e. The smallest absolute Gasteiger partial charge is 0.374 e. The van der Waals surface area contributed by atoms with Gasteiger partial charge in [-0.15, -0.1) is 0 Å². The molecule has 2 aromatic heterocycles. The van der Waals surface area contributed by atoms with E-state index >= 15 is 0 Å².